The van der Waals surface area contributed by atoms with E-state index in [0.29, 0.717) is 11.3 Å². The van der Waals surface area contributed by atoms with Gasteiger partial charge in [0, 0.05) is 17.4 Å². The highest BCUT2D eigenvalue weighted by Crippen LogP contribution is 2.10. The predicted molar refractivity (Wildman–Crippen MR) is 77.8 cm³/mol. The van der Waals surface area contributed by atoms with Crippen molar-refractivity contribution < 1.29 is 14.3 Å². The van der Waals surface area contributed by atoms with Crippen molar-refractivity contribution in [1.82, 2.24) is 9.97 Å². The van der Waals surface area contributed by atoms with Crippen molar-refractivity contribution in [1.29, 1.82) is 0 Å². The van der Waals surface area contributed by atoms with Crippen molar-refractivity contribution in [2.24, 2.45) is 0 Å². The summed E-state index contributed by atoms with van der Waals surface area (Å²) >= 11 is 0. The van der Waals surface area contributed by atoms with E-state index in [9.17, 15) is 19.2 Å². The molecule has 1 heterocycles. The van der Waals surface area contributed by atoms with Crippen molar-refractivity contribution in [3.63, 3.8) is 0 Å². The van der Waals surface area contributed by atoms with E-state index in [1.54, 1.807) is 12.1 Å². The number of methoxy groups -OCH3 is 1. The number of H-pyrrole nitrogens is 2. The van der Waals surface area contributed by atoms with Crippen LogP contribution in [0.1, 0.15) is 16.1 Å². The van der Waals surface area contributed by atoms with Gasteiger partial charge in [0.2, 0.25) is 5.91 Å². The van der Waals surface area contributed by atoms with Gasteiger partial charge in [-0.3, -0.25) is 14.6 Å². The molecule has 114 valence electrons. The van der Waals surface area contributed by atoms with Gasteiger partial charge in [-0.25, -0.2) is 9.59 Å². The van der Waals surface area contributed by atoms with Crippen LogP contribution in [0.2, 0.25) is 0 Å². The average molecular weight is 303 g/mol. The number of ether oxygens (including phenoxy) is 1. The molecule has 2 aromatic rings. The molecule has 0 saturated carbocycles. The molecule has 8 nitrogen and oxygen atoms in total. The first-order valence-corrected chi connectivity index (χ1v) is 6.28. The second kappa shape index (κ2) is 6.53. The molecule has 1 aromatic carbocycles. The summed E-state index contributed by atoms with van der Waals surface area (Å²) < 4.78 is 4.57. The number of rotatable bonds is 4. The minimum atomic E-state index is -0.669. The monoisotopic (exact) mass is 303 g/mol. The number of aromatic nitrogens is 2. The summed E-state index contributed by atoms with van der Waals surface area (Å²) in [6.45, 7) is 0. The highest BCUT2D eigenvalue weighted by atomic mass is 16.5. The molecule has 1 amide bonds. The summed E-state index contributed by atoms with van der Waals surface area (Å²) in [5, 5.41) is 2.59. The number of aromatic amines is 2. The fraction of sp³-hybridized carbons (Fsp3) is 0.143. The molecule has 0 fully saturated rings. The van der Waals surface area contributed by atoms with Crippen LogP contribution in [0, 0.1) is 0 Å². The minimum Gasteiger partial charge on any atom is -0.465 e. The lowest BCUT2D eigenvalue weighted by atomic mass is 10.2. The van der Waals surface area contributed by atoms with Crippen LogP contribution in [0.5, 0.6) is 0 Å². The van der Waals surface area contributed by atoms with E-state index in [1.165, 1.54) is 19.2 Å². The fourth-order valence-electron chi connectivity index (χ4n) is 1.80. The lowest BCUT2D eigenvalue weighted by Crippen LogP contribution is -2.25. The Labute approximate surface area is 124 Å². The Morgan fingerprint density at radius 2 is 1.82 bits per heavy atom. The van der Waals surface area contributed by atoms with Gasteiger partial charge in [-0.15, -0.1) is 0 Å². The first-order chi connectivity index (χ1) is 10.5. The number of nitrogens with one attached hydrogen (secondary N) is 3. The van der Waals surface area contributed by atoms with Gasteiger partial charge in [0.15, 0.2) is 0 Å². The summed E-state index contributed by atoms with van der Waals surface area (Å²) in [6, 6.07) is 7.25. The van der Waals surface area contributed by atoms with Gasteiger partial charge in [0.25, 0.3) is 5.56 Å². The van der Waals surface area contributed by atoms with Gasteiger partial charge in [-0.1, -0.05) is 0 Å². The summed E-state index contributed by atoms with van der Waals surface area (Å²) in [5.74, 6) is -0.883. The van der Waals surface area contributed by atoms with Gasteiger partial charge in [0.05, 0.1) is 19.1 Å². The molecule has 0 aliphatic heterocycles. The standard InChI is InChI=1S/C14H13N3O5/c1-22-13(20)8-2-4-9(5-3-8)15-11(18)6-10-7-12(19)17-14(21)16-10/h2-5,7H,6H2,1H3,(H,15,18)(H2,16,17,19,21). The molecule has 2 rings (SSSR count). The lowest BCUT2D eigenvalue weighted by Gasteiger charge is -2.06. The molecule has 0 radical (unpaired) electrons. The van der Waals surface area contributed by atoms with Gasteiger partial charge in [-0.2, -0.15) is 0 Å². The second-order valence-electron chi connectivity index (χ2n) is 4.41. The molecule has 0 aliphatic rings. The second-order valence-corrected chi connectivity index (χ2v) is 4.41. The molecule has 0 atom stereocenters. The SMILES string of the molecule is COC(=O)c1ccc(NC(=O)Cc2cc(=O)[nH]c(=O)[nH]2)cc1. The van der Waals surface area contributed by atoms with Crippen molar-refractivity contribution in [2.45, 2.75) is 6.42 Å². The molecular weight excluding hydrogens is 290 g/mol. The predicted octanol–water partition coefficient (Wildman–Crippen LogP) is 0.0310. The van der Waals surface area contributed by atoms with Crippen LogP contribution in [-0.4, -0.2) is 29.0 Å². The summed E-state index contributed by atoms with van der Waals surface area (Å²) in [5.41, 5.74) is -0.201. The Bertz CT molecular complexity index is 776. The first kappa shape index (κ1) is 15.2. The number of hydrogen-bond donors (Lipinski definition) is 3. The number of carbonyl (C=O) groups excluding carboxylic acids is 2. The third-order valence-electron chi connectivity index (χ3n) is 2.76. The van der Waals surface area contributed by atoms with Crippen LogP contribution in [0.3, 0.4) is 0 Å². The van der Waals surface area contributed by atoms with Gasteiger partial charge >= 0.3 is 11.7 Å². The molecule has 3 N–H and O–H groups in total. The van der Waals surface area contributed by atoms with Crippen LogP contribution in [0.25, 0.3) is 0 Å². The third-order valence-corrected chi connectivity index (χ3v) is 2.76. The van der Waals surface area contributed by atoms with Gasteiger partial charge in [-0.05, 0) is 24.3 Å². The molecule has 0 bridgehead atoms. The Morgan fingerprint density at radius 3 is 2.41 bits per heavy atom. The summed E-state index contributed by atoms with van der Waals surface area (Å²) in [6.07, 6.45) is -0.155. The maximum Gasteiger partial charge on any atom is 0.337 e. The molecule has 0 saturated heterocycles. The number of benzene rings is 1. The van der Waals surface area contributed by atoms with Crippen LogP contribution in [0.15, 0.2) is 39.9 Å². The topological polar surface area (TPSA) is 121 Å². The number of esters is 1. The molecule has 22 heavy (non-hydrogen) atoms. The van der Waals surface area contributed by atoms with E-state index < -0.39 is 23.1 Å². The summed E-state index contributed by atoms with van der Waals surface area (Å²) in [4.78, 5) is 49.7. The lowest BCUT2D eigenvalue weighted by molar-refractivity contribution is -0.115. The number of carbonyl (C=O) groups is 2. The first-order valence-electron chi connectivity index (χ1n) is 6.28. The molecule has 0 unspecified atom stereocenters. The Morgan fingerprint density at radius 1 is 1.14 bits per heavy atom. The van der Waals surface area contributed by atoms with Crippen LogP contribution in [-0.2, 0) is 16.0 Å². The highest BCUT2D eigenvalue weighted by Gasteiger charge is 2.08. The Kier molecular flexibility index (Phi) is 4.52. The largest absolute Gasteiger partial charge is 0.465 e. The molecule has 8 heteroatoms. The van der Waals surface area contributed by atoms with E-state index in [4.69, 9.17) is 0 Å². The number of amides is 1. The highest BCUT2D eigenvalue weighted by molar-refractivity contribution is 5.93. The molecule has 0 spiro atoms. The fourth-order valence-corrected chi connectivity index (χ4v) is 1.80. The van der Waals surface area contributed by atoms with E-state index in [-0.39, 0.29) is 12.1 Å². The zero-order valence-corrected chi connectivity index (χ0v) is 11.6. The van der Waals surface area contributed by atoms with Gasteiger partial charge < -0.3 is 15.0 Å². The Hall–Kier alpha value is -3.16. The average Bonchev–Trinajstić information content (AvgIpc) is 2.46. The smallest absolute Gasteiger partial charge is 0.337 e. The third kappa shape index (κ3) is 3.92. The quantitative estimate of drug-likeness (QED) is 0.688. The van der Waals surface area contributed by atoms with Crippen LogP contribution >= 0.6 is 0 Å². The zero-order valence-electron chi connectivity index (χ0n) is 11.6. The van der Waals surface area contributed by atoms with Gasteiger partial charge in [0.1, 0.15) is 0 Å². The van der Waals surface area contributed by atoms with E-state index in [0.717, 1.165) is 6.07 Å². The van der Waals surface area contributed by atoms with Crippen molar-refractivity contribution >= 4 is 17.6 Å². The zero-order chi connectivity index (χ0) is 16.1. The summed E-state index contributed by atoms with van der Waals surface area (Å²) in [7, 11) is 1.28. The maximum atomic E-state index is 11.8. The normalized spacial score (nSPS) is 10.0. The molecule has 1 aromatic heterocycles. The van der Waals surface area contributed by atoms with Crippen molar-refractivity contribution in [3.05, 3.63) is 62.4 Å². The molecule has 0 aliphatic carbocycles. The van der Waals surface area contributed by atoms with E-state index >= 15 is 0 Å². The Balaban J connectivity index is 2.04. The van der Waals surface area contributed by atoms with Crippen molar-refractivity contribution in [2.75, 3.05) is 12.4 Å². The molecular formula is C14H13N3O5. The number of anilines is 1. The minimum absolute atomic E-state index is 0.155. The van der Waals surface area contributed by atoms with Crippen LogP contribution in [0.4, 0.5) is 5.69 Å². The van der Waals surface area contributed by atoms with E-state index in [1.807, 2.05) is 4.98 Å². The number of hydrogen-bond acceptors (Lipinski definition) is 5. The van der Waals surface area contributed by atoms with Crippen LogP contribution < -0.4 is 16.6 Å². The van der Waals surface area contributed by atoms with Crippen molar-refractivity contribution in [3.8, 4) is 0 Å². The maximum absolute atomic E-state index is 11.8. The van der Waals surface area contributed by atoms with E-state index in [2.05, 4.69) is 15.0 Å².